The predicted molar refractivity (Wildman–Crippen MR) is 103 cm³/mol. The van der Waals surface area contributed by atoms with Crippen LogP contribution in [0.2, 0.25) is 0 Å². The molecule has 0 radical (unpaired) electrons. The van der Waals surface area contributed by atoms with Gasteiger partial charge in [0.25, 0.3) is 5.91 Å². The number of anilines is 3. The van der Waals surface area contributed by atoms with E-state index in [1.807, 2.05) is 44.2 Å². The fourth-order valence-corrected chi connectivity index (χ4v) is 2.61. The van der Waals surface area contributed by atoms with Crippen LogP contribution in [-0.2, 0) is 0 Å². The van der Waals surface area contributed by atoms with Gasteiger partial charge in [0.2, 0.25) is 0 Å². The van der Waals surface area contributed by atoms with Crippen molar-refractivity contribution in [2.45, 2.75) is 13.8 Å². The molecule has 0 aliphatic carbocycles. The molecule has 0 aliphatic rings. The van der Waals surface area contributed by atoms with Crippen LogP contribution >= 0.6 is 0 Å². The second-order valence-electron chi connectivity index (χ2n) is 5.96. The van der Waals surface area contributed by atoms with Crippen molar-refractivity contribution >= 4 is 23.0 Å². The number of aryl methyl sites for hydroxylation is 2. The molecular weight excluding hydrogens is 324 g/mol. The maximum Gasteiger partial charge on any atom is 0.274 e. The van der Waals surface area contributed by atoms with E-state index < -0.39 is 0 Å². The van der Waals surface area contributed by atoms with Gasteiger partial charge in [-0.1, -0.05) is 18.2 Å². The first-order valence-electron chi connectivity index (χ1n) is 8.17. The van der Waals surface area contributed by atoms with Gasteiger partial charge in [0.15, 0.2) is 0 Å². The van der Waals surface area contributed by atoms with Gasteiger partial charge in [-0.05, 0) is 61.4 Å². The van der Waals surface area contributed by atoms with E-state index in [1.165, 1.54) is 0 Å². The van der Waals surface area contributed by atoms with Crippen molar-refractivity contribution in [3.05, 3.63) is 83.2 Å². The lowest BCUT2D eigenvalue weighted by Gasteiger charge is -2.13. The van der Waals surface area contributed by atoms with Crippen molar-refractivity contribution in [2.24, 2.45) is 0 Å². The molecule has 0 saturated carbocycles. The van der Waals surface area contributed by atoms with Crippen molar-refractivity contribution in [3.63, 3.8) is 0 Å². The molecule has 2 N–H and O–H groups in total. The smallest absolute Gasteiger partial charge is 0.274 e. The number of carbonyl (C=O) groups excluding carboxylic acids is 1. The predicted octanol–water partition coefficient (Wildman–Crippen LogP) is 4.57. The van der Waals surface area contributed by atoms with Crippen molar-refractivity contribution in [2.75, 3.05) is 10.6 Å². The Kier molecular flexibility index (Phi) is 4.95. The minimum Gasteiger partial charge on any atom is -0.355 e. The molecule has 1 heterocycles. The molecule has 0 bridgehead atoms. The lowest BCUT2D eigenvalue weighted by Crippen LogP contribution is -2.13. The van der Waals surface area contributed by atoms with Crippen LogP contribution in [0.1, 0.15) is 27.2 Å². The number of nitrogens with zero attached hydrogens (tertiary/aromatic N) is 2. The molecule has 1 aromatic heterocycles. The van der Waals surface area contributed by atoms with Gasteiger partial charge in [0, 0.05) is 23.3 Å². The number of nitrogens with one attached hydrogen (secondary N) is 2. The normalized spacial score (nSPS) is 10.0. The summed E-state index contributed by atoms with van der Waals surface area (Å²) in [4.78, 5) is 16.6. The van der Waals surface area contributed by atoms with E-state index in [-0.39, 0.29) is 5.91 Å². The van der Waals surface area contributed by atoms with Gasteiger partial charge in [0.1, 0.15) is 5.69 Å². The molecule has 0 fully saturated rings. The third kappa shape index (κ3) is 3.87. The summed E-state index contributed by atoms with van der Waals surface area (Å²) in [5.41, 5.74) is 5.55. The third-order valence-corrected chi connectivity index (χ3v) is 4.01. The standard InChI is InChI=1S/C21H18N4O/c1-14-4-3-5-15(2)20(14)24-18-10-11-23-19(12-18)21(26)25-17-8-6-16(13-22)7-9-17/h3-12H,1-2H3,(H,23,24)(H,25,26). The summed E-state index contributed by atoms with van der Waals surface area (Å²) in [6.07, 6.45) is 1.60. The van der Waals surface area contributed by atoms with Gasteiger partial charge in [-0.3, -0.25) is 9.78 Å². The van der Waals surface area contributed by atoms with Crippen molar-refractivity contribution in [1.82, 2.24) is 4.98 Å². The summed E-state index contributed by atoms with van der Waals surface area (Å²) in [6.45, 7) is 4.07. The Labute approximate surface area is 152 Å². The minimum atomic E-state index is -0.306. The Bertz CT molecular complexity index is 967. The number of aromatic nitrogens is 1. The molecule has 2 aromatic carbocycles. The van der Waals surface area contributed by atoms with E-state index in [0.29, 0.717) is 16.9 Å². The van der Waals surface area contributed by atoms with Gasteiger partial charge >= 0.3 is 0 Å². The van der Waals surface area contributed by atoms with E-state index in [0.717, 1.165) is 22.5 Å². The highest BCUT2D eigenvalue weighted by Gasteiger charge is 2.10. The summed E-state index contributed by atoms with van der Waals surface area (Å²) in [6, 6.07) is 18.4. The fraction of sp³-hybridized carbons (Fsp3) is 0.0952. The number of para-hydroxylation sites is 1. The maximum atomic E-state index is 12.4. The van der Waals surface area contributed by atoms with Gasteiger partial charge in [-0.2, -0.15) is 5.26 Å². The molecule has 0 atom stereocenters. The van der Waals surface area contributed by atoms with Crippen LogP contribution in [0, 0.1) is 25.2 Å². The number of pyridine rings is 1. The van der Waals surface area contributed by atoms with Crippen LogP contribution < -0.4 is 10.6 Å². The second-order valence-corrected chi connectivity index (χ2v) is 5.96. The Hall–Kier alpha value is -3.65. The largest absolute Gasteiger partial charge is 0.355 e. The van der Waals surface area contributed by atoms with Crippen LogP contribution in [0.15, 0.2) is 60.8 Å². The number of hydrogen-bond acceptors (Lipinski definition) is 4. The Morgan fingerprint density at radius 1 is 1.00 bits per heavy atom. The van der Waals surface area contributed by atoms with Gasteiger partial charge < -0.3 is 10.6 Å². The van der Waals surface area contributed by atoms with Crippen LogP contribution in [0.3, 0.4) is 0 Å². The zero-order valence-electron chi connectivity index (χ0n) is 14.6. The molecule has 26 heavy (non-hydrogen) atoms. The summed E-state index contributed by atoms with van der Waals surface area (Å²) < 4.78 is 0. The summed E-state index contributed by atoms with van der Waals surface area (Å²) in [7, 11) is 0. The number of nitriles is 1. The lowest BCUT2D eigenvalue weighted by molar-refractivity contribution is 0.102. The van der Waals surface area contributed by atoms with E-state index in [1.54, 1.807) is 36.5 Å². The average molecular weight is 342 g/mol. The minimum absolute atomic E-state index is 0.306. The first-order chi connectivity index (χ1) is 12.6. The zero-order chi connectivity index (χ0) is 18.5. The number of hydrogen-bond donors (Lipinski definition) is 2. The first-order valence-corrected chi connectivity index (χ1v) is 8.17. The van der Waals surface area contributed by atoms with E-state index >= 15 is 0 Å². The van der Waals surface area contributed by atoms with Crippen molar-refractivity contribution < 1.29 is 4.79 Å². The van der Waals surface area contributed by atoms with Crippen LogP contribution in [0.25, 0.3) is 0 Å². The summed E-state index contributed by atoms with van der Waals surface area (Å²) in [5.74, 6) is -0.306. The highest BCUT2D eigenvalue weighted by Crippen LogP contribution is 2.24. The van der Waals surface area contributed by atoms with Crippen molar-refractivity contribution in [3.8, 4) is 6.07 Å². The van der Waals surface area contributed by atoms with Crippen LogP contribution in [0.4, 0.5) is 17.1 Å². The SMILES string of the molecule is Cc1cccc(C)c1Nc1ccnc(C(=O)Nc2ccc(C#N)cc2)c1. The summed E-state index contributed by atoms with van der Waals surface area (Å²) >= 11 is 0. The van der Waals surface area contributed by atoms with Gasteiger partial charge in [-0.25, -0.2) is 0 Å². The Balaban J connectivity index is 1.78. The number of carbonyl (C=O) groups is 1. The molecule has 0 saturated heterocycles. The molecule has 5 heteroatoms. The van der Waals surface area contributed by atoms with Crippen LogP contribution in [0.5, 0.6) is 0 Å². The molecule has 0 unspecified atom stereocenters. The van der Waals surface area contributed by atoms with Crippen molar-refractivity contribution in [1.29, 1.82) is 5.26 Å². The lowest BCUT2D eigenvalue weighted by atomic mass is 10.1. The van der Waals surface area contributed by atoms with Gasteiger partial charge in [0.05, 0.1) is 11.6 Å². The van der Waals surface area contributed by atoms with Gasteiger partial charge in [-0.15, -0.1) is 0 Å². The molecule has 3 aromatic rings. The molecule has 0 aliphatic heterocycles. The number of rotatable bonds is 4. The third-order valence-electron chi connectivity index (χ3n) is 4.01. The Morgan fingerprint density at radius 3 is 2.35 bits per heavy atom. The fourth-order valence-electron chi connectivity index (χ4n) is 2.61. The van der Waals surface area contributed by atoms with Crippen LogP contribution in [-0.4, -0.2) is 10.9 Å². The van der Waals surface area contributed by atoms with E-state index in [4.69, 9.17) is 5.26 Å². The number of benzene rings is 2. The monoisotopic (exact) mass is 342 g/mol. The highest BCUT2D eigenvalue weighted by atomic mass is 16.1. The maximum absolute atomic E-state index is 12.4. The molecule has 0 spiro atoms. The molecule has 5 nitrogen and oxygen atoms in total. The van der Waals surface area contributed by atoms with E-state index in [2.05, 4.69) is 15.6 Å². The Morgan fingerprint density at radius 2 is 1.69 bits per heavy atom. The topological polar surface area (TPSA) is 77.8 Å². The zero-order valence-corrected chi connectivity index (χ0v) is 14.6. The van der Waals surface area contributed by atoms with E-state index in [9.17, 15) is 4.79 Å². The number of amides is 1. The summed E-state index contributed by atoms with van der Waals surface area (Å²) in [5, 5.41) is 15.0. The second kappa shape index (κ2) is 7.49. The highest BCUT2D eigenvalue weighted by molar-refractivity contribution is 6.03. The molecule has 128 valence electrons. The molecule has 1 amide bonds. The first kappa shape index (κ1) is 17.2. The molecule has 3 rings (SSSR count). The quantitative estimate of drug-likeness (QED) is 0.728. The average Bonchev–Trinajstić information content (AvgIpc) is 2.66. The molecular formula is C21H18N4O.